The van der Waals surface area contributed by atoms with E-state index in [0.717, 1.165) is 12.1 Å². The van der Waals surface area contributed by atoms with Crippen LogP contribution in [0.2, 0.25) is 0 Å². The topological polar surface area (TPSA) is 87.7 Å². The average molecular weight is 399 g/mol. The molecule has 0 bridgehead atoms. The van der Waals surface area contributed by atoms with E-state index < -0.39 is 23.7 Å². The molecule has 2 aliphatic rings. The number of rotatable bonds is 6. The van der Waals surface area contributed by atoms with Crippen molar-refractivity contribution in [3.63, 3.8) is 0 Å². The zero-order valence-corrected chi connectivity index (χ0v) is 18.4. The van der Waals surface area contributed by atoms with Gasteiger partial charge in [-0.25, -0.2) is 9.59 Å². The Labute approximate surface area is 171 Å². The lowest BCUT2D eigenvalue weighted by Gasteiger charge is -2.30. The van der Waals surface area contributed by atoms with Crippen LogP contribution < -0.4 is 10.6 Å². The normalized spacial score (nSPS) is 19.9. The van der Waals surface area contributed by atoms with E-state index in [1.54, 1.807) is 20.8 Å². The Kier molecular flexibility index (Phi) is 11.5. The van der Waals surface area contributed by atoms with Gasteiger partial charge in [-0.15, -0.1) is 0 Å². The fourth-order valence-corrected chi connectivity index (χ4v) is 3.87. The molecular formula is C22H42N2O4. The smallest absolute Gasteiger partial charge is 0.408 e. The number of ether oxygens (including phenoxy) is 1. The van der Waals surface area contributed by atoms with Crippen molar-refractivity contribution in [3.05, 3.63) is 0 Å². The van der Waals surface area contributed by atoms with E-state index in [1.807, 2.05) is 6.92 Å². The Hall–Kier alpha value is -1.30. The molecule has 2 fully saturated rings. The molecule has 0 aliphatic heterocycles. The number of aliphatic carboxylic acids is 1. The van der Waals surface area contributed by atoms with E-state index in [0.29, 0.717) is 12.8 Å². The summed E-state index contributed by atoms with van der Waals surface area (Å²) in [7, 11) is 0. The van der Waals surface area contributed by atoms with Crippen LogP contribution in [0.4, 0.5) is 4.79 Å². The number of nitrogens with one attached hydrogen (secondary N) is 2. The summed E-state index contributed by atoms with van der Waals surface area (Å²) >= 11 is 0. The van der Waals surface area contributed by atoms with Gasteiger partial charge in [-0.3, -0.25) is 0 Å². The highest BCUT2D eigenvalue weighted by Gasteiger charge is 2.23. The zero-order chi connectivity index (χ0) is 21.0. The van der Waals surface area contributed by atoms with Crippen molar-refractivity contribution in [1.29, 1.82) is 0 Å². The van der Waals surface area contributed by atoms with Crippen LogP contribution in [-0.2, 0) is 9.53 Å². The Balaban J connectivity index is 0.000000281. The van der Waals surface area contributed by atoms with Crippen LogP contribution in [0.1, 0.15) is 105 Å². The van der Waals surface area contributed by atoms with Crippen LogP contribution in [0.25, 0.3) is 0 Å². The second kappa shape index (κ2) is 13.0. The summed E-state index contributed by atoms with van der Waals surface area (Å²) in [6.45, 7) is 7.03. The number of carboxylic acid groups (broad SMARTS) is 1. The van der Waals surface area contributed by atoms with Gasteiger partial charge in [0.25, 0.3) is 0 Å². The number of hydrogen-bond acceptors (Lipinski definition) is 4. The van der Waals surface area contributed by atoms with E-state index in [-0.39, 0.29) is 0 Å². The fraction of sp³-hybridized carbons (Fsp3) is 0.909. The maximum absolute atomic E-state index is 11.3. The number of hydrogen-bond donors (Lipinski definition) is 3. The van der Waals surface area contributed by atoms with Gasteiger partial charge in [-0.05, 0) is 52.9 Å². The highest BCUT2D eigenvalue weighted by Crippen LogP contribution is 2.22. The molecule has 0 unspecified atom stereocenters. The summed E-state index contributed by atoms with van der Waals surface area (Å²) in [5.74, 6) is -1.04. The fourth-order valence-electron chi connectivity index (χ4n) is 3.87. The van der Waals surface area contributed by atoms with E-state index in [2.05, 4.69) is 10.6 Å². The minimum Gasteiger partial charge on any atom is -0.480 e. The summed E-state index contributed by atoms with van der Waals surface area (Å²) in [5.41, 5.74) is -0.612. The second-order valence-corrected chi connectivity index (χ2v) is 9.16. The van der Waals surface area contributed by atoms with Crippen molar-refractivity contribution in [2.45, 2.75) is 128 Å². The average Bonchev–Trinajstić information content (AvgIpc) is 2.62. The van der Waals surface area contributed by atoms with Crippen molar-refractivity contribution in [3.8, 4) is 0 Å². The maximum Gasteiger partial charge on any atom is 0.408 e. The number of alkyl carbamates (subject to hydrolysis) is 1. The van der Waals surface area contributed by atoms with Crippen LogP contribution in [0, 0.1) is 0 Å². The van der Waals surface area contributed by atoms with Crippen LogP contribution in [0.3, 0.4) is 0 Å². The first-order valence-corrected chi connectivity index (χ1v) is 11.2. The SMILES string of the molecule is C1CCC(NC2CCCCC2)CC1.CCC[C@@H](NC(=O)OC(C)(C)C)C(=O)O. The van der Waals surface area contributed by atoms with Gasteiger partial charge in [0.15, 0.2) is 0 Å². The third-order valence-electron chi connectivity index (χ3n) is 5.25. The maximum atomic E-state index is 11.3. The lowest BCUT2D eigenvalue weighted by atomic mass is 9.91. The highest BCUT2D eigenvalue weighted by molar-refractivity contribution is 5.79. The molecule has 3 N–H and O–H groups in total. The standard InChI is InChI=1S/C12H23N.C10H19NO4/c1-3-7-11(8-4-1)13-12-9-5-2-6-10-12;1-5-6-7(8(12)13)11-9(14)15-10(2,3)4/h11-13H,1-10H2;7H,5-6H2,1-4H3,(H,11,14)(H,12,13)/t;7-/m.1/s1. The van der Waals surface area contributed by atoms with Gasteiger partial charge < -0.3 is 20.5 Å². The number of carbonyl (C=O) groups excluding carboxylic acids is 1. The lowest BCUT2D eigenvalue weighted by Crippen LogP contribution is -2.43. The molecule has 1 atom stereocenters. The molecule has 0 saturated heterocycles. The van der Waals surface area contributed by atoms with Crippen molar-refractivity contribution >= 4 is 12.1 Å². The monoisotopic (exact) mass is 398 g/mol. The minimum absolute atomic E-state index is 0.397. The molecular weight excluding hydrogens is 356 g/mol. The van der Waals surface area contributed by atoms with E-state index in [9.17, 15) is 9.59 Å². The largest absolute Gasteiger partial charge is 0.480 e. The quantitative estimate of drug-likeness (QED) is 0.585. The summed E-state index contributed by atoms with van der Waals surface area (Å²) in [6, 6.07) is 0.874. The Morgan fingerprint density at radius 2 is 1.43 bits per heavy atom. The molecule has 2 saturated carbocycles. The molecule has 6 heteroatoms. The van der Waals surface area contributed by atoms with Gasteiger partial charge in [0.2, 0.25) is 0 Å². The lowest BCUT2D eigenvalue weighted by molar-refractivity contribution is -0.139. The summed E-state index contributed by atoms with van der Waals surface area (Å²) in [5, 5.41) is 15.0. The summed E-state index contributed by atoms with van der Waals surface area (Å²) < 4.78 is 4.95. The van der Waals surface area contributed by atoms with Crippen molar-refractivity contribution in [2.75, 3.05) is 0 Å². The van der Waals surface area contributed by atoms with E-state index >= 15 is 0 Å². The Morgan fingerprint density at radius 1 is 0.964 bits per heavy atom. The van der Waals surface area contributed by atoms with Gasteiger partial charge in [0.05, 0.1) is 0 Å². The predicted octanol–water partition coefficient (Wildman–Crippen LogP) is 5.01. The first-order chi connectivity index (χ1) is 13.2. The third kappa shape index (κ3) is 11.5. The molecule has 0 aromatic rings. The van der Waals surface area contributed by atoms with E-state index in [4.69, 9.17) is 9.84 Å². The van der Waals surface area contributed by atoms with Crippen LogP contribution in [0.5, 0.6) is 0 Å². The molecule has 28 heavy (non-hydrogen) atoms. The Bertz CT molecular complexity index is 434. The van der Waals surface area contributed by atoms with Crippen molar-refractivity contribution in [2.24, 2.45) is 0 Å². The van der Waals surface area contributed by atoms with Gasteiger partial charge in [0, 0.05) is 12.1 Å². The molecule has 164 valence electrons. The van der Waals surface area contributed by atoms with Crippen LogP contribution >= 0.6 is 0 Å². The molecule has 2 aliphatic carbocycles. The third-order valence-corrected chi connectivity index (χ3v) is 5.25. The zero-order valence-electron chi connectivity index (χ0n) is 18.4. The molecule has 0 aromatic heterocycles. The molecule has 2 rings (SSSR count). The summed E-state index contributed by atoms with van der Waals surface area (Å²) in [4.78, 5) is 22.0. The molecule has 0 radical (unpaired) electrons. The van der Waals surface area contributed by atoms with E-state index in [1.165, 1.54) is 64.2 Å². The van der Waals surface area contributed by atoms with Gasteiger partial charge in [-0.1, -0.05) is 51.9 Å². The molecule has 0 aromatic carbocycles. The number of amides is 1. The van der Waals surface area contributed by atoms with Gasteiger partial charge in [0.1, 0.15) is 11.6 Å². The number of carbonyl (C=O) groups is 2. The number of carboxylic acids is 1. The van der Waals surface area contributed by atoms with Gasteiger partial charge in [-0.2, -0.15) is 0 Å². The first kappa shape index (κ1) is 24.7. The predicted molar refractivity (Wildman–Crippen MR) is 113 cm³/mol. The molecule has 0 heterocycles. The highest BCUT2D eigenvalue weighted by atomic mass is 16.6. The second-order valence-electron chi connectivity index (χ2n) is 9.16. The molecule has 6 nitrogen and oxygen atoms in total. The first-order valence-electron chi connectivity index (χ1n) is 11.2. The van der Waals surface area contributed by atoms with Crippen LogP contribution in [0.15, 0.2) is 0 Å². The Morgan fingerprint density at radius 3 is 1.79 bits per heavy atom. The van der Waals surface area contributed by atoms with Crippen LogP contribution in [-0.4, -0.2) is 40.9 Å². The minimum atomic E-state index is -1.04. The van der Waals surface area contributed by atoms with Crippen molar-refractivity contribution < 1.29 is 19.4 Å². The molecule has 1 amide bonds. The van der Waals surface area contributed by atoms with Gasteiger partial charge >= 0.3 is 12.1 Å². The van der Waals surface area contributed by atoms with Crippen molar-refractivity contribution in [1.82, 2.24) is 10.6 Å². The molecule has 0 spiro atoms. The summed E-state index contributed by atoms with van der Waals surface area (Å²) in [6.07, 6.45) is 15.0.